The summed E-state index contributed by atoms with van der Waals surface area (Å²) in [6, 6.07) is 23.9. The Balaban J connectivity index is 1.24. The molecular weight excluding hydrogens is 378 g/mol. The first-order chi connectivity index (χ1) is 14.8. The number of fused-ring (bicyclic) bond motifs is 1. The maximum absolute atomic E-state index is 12.3. The van der Waals surface area contributed by atoms with Gasteiger partial charge in [0, 0.05) is 13.0 Å². The molecule has 1 amide bonds. The summed E-state index contributed by atoms with van der Waals surface area (Å²) in [7, 11) is 0. The highest BCUT2D eigenvalue weighted by molar-refractivity contribution is 5.76. The van der Waals surface area contributed by atoms with Gasteiger partial charge in [-0.2, -0.15) is 0 Å². The van der Waals surface area contributed by atoms with Crippen LogP contribution in [0.4, 0.5) is 0 Å². The van der Waals surface area contributed by atoms with Gasteiger partial charge in [0.15, 0.2) is 11.5 Å². The Morgan fingerprint density at radius 1 is 0.833 bits per heavy atom. The maximum Gasteiger partial charge on any atom is 0.231 e. The van der Waals surface area contributed by atoms with Crippen molar-refractivity contribution in [1.29, 1.82) is 0 Å². The minimum absolute atomic E-state index is 0.0210. The van der Waals surface area contributed by atoms with E-state index in [4.69, 9.17) is 14.2 Å². The SMILES string of the molecule is O=C(CCc1ccc2c(c1)OCO2)NCc1ccccc1COCc1ccccc1. The summed E-state index contributed by atoms with van der Waals surface area (Å²) >= 11 is 0. The van der Waals surface area contributed by atoms with Gasteiger partial charge in [0.25, 0.3) is 0 Å². The van der Waals surface area contributed by atoms with E-state index in [-0.39, 0.29) is 12.7 Å². The molecule has 0 spiro atoms. The number of rotatable bonds is 9. The molecule has 0 atom stereocenters. The monoisotopic (exact) mass is 403 g/mol. The standard InChI is InChI=1S/C25H25NO4/c27-25(13-11-19-10-12-23-24(14-19)30-18-29-23)26-15-21-8-4-5-9-22(21)17-28-16-20-6-2-1-3-7-20/h1-10,12,14H,11,13,15-18H2,(H,26,27). The van der Waals surface area contributed by atoms with Gasteiger partial charge < -0.3 is 19.5 Å². The minimum atomic E-state index is 0.0210. The number of amides is 1. The zero-order valence-corrected chi connectivity index (χ0v) is 16.8. The second-order valence-electron chi connectivity index (χ2n) is 7.21. The van der Waals surface area contributed by atoms with Crippen molar-refractivity contribution >= 4 is 5.91 Å². The van der Waals surface area contributed by atoms with E-state index in [1.807, 2.05) is 72.8 Å². The van der Waals surface area contributed by atoms with E-state index in [9.17, 15) is 4.79 Å². The third kappa shape index (κ3) is 5.39. The normalized spacial score (nSPS) is 12.0. The van der Waals surface area contributed by atoms with E-state index >= 15 is 0 Å². The van der Waals surface area contributed by atoms with Crippen molar-refractivity contribution in [3.05, 3.63) is 95.1 Å². The number of carbonyl (C=O) groups is 1. The van der Waals surface area contributed by atoms with Crippen LogP contribution in [-0.4, -0.2) is 12.7 Å². The number of carbonyl (C=O) groups excluding carboxylic acids is 1. The van der Waals surface area contributed by atoms with Gasteiger partial charge in [-0.3, -0.25) is 4.79 Å². The lowest BCUT2D eigenvalue weighted by atomic mass is 10.1. The molecule has 1 N–H and O–H groups in total. The van der Waals surface area contributed by atoms with Gasteiger partial charge in [0.1, 0.15) is 0 Å². The fourth-order valence-electron chi connectivity index (χ4n) is 3.36. The summed E-state index contributed by atoms with van der Waals surface area (Å²) in [5.74, 6) is 1.53. The molecule has 5 heteroatoms. The lowest BCUT2D eigenvalue weighted by molar-refractivity contribution is -0.121. The summed E-state index contributed by atoms with van der Waals surface area (Å²) in [5, 5.41) is 3.02. The summed E-state index contributed by atoms with van der Waals surface area (Å²) in [5.41, 5.74) is 4.36. The van der Waals surface area contributed by atoms with E-state index in [2.05, 4.69) is 5.32 Å². The average Bonchev–Trinajstić information content (AvgIpc) is 3.26. The second-order valence-corrected chi connectivity index (χ2v) is 7.21. The van der Waals surface area contributed by atoms with Crippen molar-refractivity contribution in [3.63, 3.8) is 0 Å². The van der Waals surface area contributed by atoms with Crippen LogP contribution in [0.1, 0.15) is 28.7 Å². The lowest BCUT2D eigenvalue weighted by Gasteiger charge is -2.12. The topological polar surface area (TPSA) is 56.8 Å². The molecule has 0 bridgehead atoms. The Hall–Kier alpha value is -3.31. The minimum Gasteiger partial charge on any atom is -0.454 e. The van der Waals surface area contributed by atoms with Gasteiger partial charge in [0.05, 0.1) is 13.2 Å². The van der Waals surface area contributed by atoms with Crippen LogP contribution in [0.15, 0.2) is 72.8 Å². The summed E-state index contributed by atoms with van der Waals surface area (Å²) in [6.07, 6.45) is 1.08. The van der Waals surface area contributed by atoms with Gasteiger partial charge in [-0.05, 0) is 40.8 Å². The van der Waals surface area contributed by atoms with Crippen LogP contribution in [0, 0.1) is 0 Å². The van der Waals surface area contributed by atoms with Crippen LogP contribution in [0.2, 0.25) is 0 Å². The lowest BCUT2D eigenvalue weighted by Crippen LogP contribution is -2.23. The van der Waals surface area contributed by atoms with Crippen molar-refractivity contribution in [3.8, 4) is 11.5 Å². The highest BCUT2D eigenvalue weighted by Crippen LogP contribution is 2.32. The van der Waals surface area contributed by atoms with Crippen LogP contribution in [0.3, 0.4) is 0 Å². The van der Waals surface area contributed by atoms with Crippen molar-refractivity contribution in [2.75, 3.05) is 6.79 Å². The van der Waals surface area contributed by atoms with E-state index in [1.165, 1.54) is 0 Å². The maximum atomic E-state index is 12.3. The van der Waals surface area contributed by atoms with Crippen molar-refractivity contribution < 1.29 is 19.0 Å². The predicted molar refractivity (Wildman–Crippen MR) is 114 cm³/mol. The summed E-state index contributed by atoms with van der Waals surface area (Å²) in [4.78, 5) is 12.3. The first kappa shape index (κ1) is 20.0. The molecule has 5 nitrogen and oxygen atoms in total. The highest BCUT2D eigenvalue weighted by atomic mass is 16.7. The number of benzene rings is 3. The molecule has 1 aliphatic heterocycles. The Bertz CT molecular complexity index is 987. The van der Waals surface area contributed by atoms with E-state index in [0.717, 1.165) is 33.8 Å². The third-order valence-corrected chi connectivity index (χ3v) is 5.04. The smallest absolute Gasteiger partial charge is 0.231 e. The van der Waals surface area contributed by atoms with Crippen LogP contribution in [-0.2, 0) is 35.7 Å². The molecule has 154 valence electrons. The molecule has 30 heavy (non-hydrogen) atoms. The summed E-state index contributed by atoms with van der Waals surface area (Å²) < 4.78 is 16.6. The third-order valence-electron chi connectivity index (χ3n) is 5.04. The number of nitrogens with one attached hydrogen (secondary N) is 1. The van der Waals surface area contributed by atoms with Crippen molar-refractivity contribution in [2.45, 2.75) is 32.6 Å². The second kappa shape index (κ2) is 9.94. The largest absolute Gasteiger partial charge is 0.454 e. The van der Waals surface area contributed by atoms with Gasteiger partial charge in [-0.25, -0.2) is 0 Å². The van der Waals surface area contributed by atoms with Crippen molar-refractivity contribution in [2.24, 2.45) is 0 Å². The molecule has 4 rings (SSSR count). The quantitative estimate of drug-likeness (QED) is 0.576. The van der Waals surface area contributed by atoms with E-state index < -0.39 is 0 Å². The van der Waals surface area contributed by atoms with Gasteiger partial charge >= 0.3 is 0 Å². The van der Waals surface area contributed by atoms with E-state index in [1.54, 1.807) is 0 Å². The molecule has 1 aliphatic rings. The fraction of sp³-hybridized carbons (Fsp3) is 0.240. The molecule has 3 aromatic carbocycles. The van der Waals surface area contributed by atoms with E-state index in [0.29, 0.717) is 32.6 Å². The molecule has 0 saturated carbocycles. The molecule has 3 aromatic rings. The average molecular weight is 403 g/mol. The van der Waals surface area contributed by atoms with Gasteiger partial charge in [-0.1, -0.05) is 60.7 Å². The first-order valence-electron chi connectivity index (χ1n) is 10.1. The van der Waals surface area contributed by atoms with Crippen LogP contribution < -0.4 is 14.8 Å². The molecular formula is C25H25NO4. The van der Waals surface area contributed by atoms with Crippen molar-refractivity contribution in [1.82, 2.24) is 5.32 Å². The summed E-state index contributed by atoms with van der Waals surface area (Å²) in [6.45, 7) is 1.83. The van der Waals surface area contributed by atoms with Crippen LogP contribution >= 0.6 is 0 Å². The molecule has 1 heterocycles. The zero-order chi connectivity index (χ0) is 20.6. The Morgan fingerprint density at radius 3 is 2.47 bits per heavy atom. The number of aryl methyl sites for hydroxylation is 1. The zero-order valence-electron chi connectivity index (χ0n) is 16.8. The highest BCUT2D eigenvalue weighted by Gasteiger charge is 2.13. The molecule has 0 aromatic heterocycles. The number of hydrogen-bond donors (Lipinski definition) is 1. The first-order valence-corrected chi connectivity index (χ1v) is 10.1. The number of hydrogen-bond acceptors (Lipinski definition) is 4. The Labute approximate surface area is 176 Å². The molecule has 0 radical (unpaired) electrons. The molecule has 0 aliphatic carbocycles. The molecule has 0 fully saturated rings. The predicted octanol–water partition coefficient (Wildman–Crippen LogP) is 4.38. The Morgan fingerprint density at radius 2 is 1.60 bits per heavy atom. The van der Waals surface area contributed by atoms with Gasteiger partial charge in [-0.15, -0.1) is 0 Å². The number of ether oxygens (including phenoxy) is 3. The van der Waals surface area contributed by atoms with Gasteiger partial charge in [0.2, 0.25) is 12.7 Å². The Kier molecular flexibility index (Phi) is 6.62. The molecule has 0 unspecified atom stereocenters. The van der Waals surface area contributed by atoms with Crippen LogP contribution in [0.5, 0.6) is 11.5 Å². The van der Waals surface area contributed by atoms with Crippen LogP contribution in [0.25, 0.3) is 0 Å². The molecule has 0 saturated heterocycles. The fourth-order valence-corrected chi connectivity index (χ4v) is 3.36.